The first kappa shape index (κ1) is 11.7. The molecule has 1 aliphatic heterocycles. The zero-order chi connectivity index (χ0) is 11.6. The van der Waals surface area contributed by atoms with Crippen LogP contribution >= 0.6 is 11.6 Å². The van der Waals surface area contributed by atoms with Gasteiger partial charge in [0.2, 0.25) is 0 Å². The van der Waals surface area contributed by atoms with Crippen molar-refractivity contribution >= 4 is 11.6 Å². The maximum atomic E-state index is 10.3. The summed E-state index contributed by atoms with van der Waals surface area (Å²) in [5, 5.41) is 23.8. The lowest BCUT2D eigenvalue weighted by molar-refractivity contribution is 0.0104. The number of nitrogens with one attached hydrogen (secondary N) is 1. The number of rotatable bonds is 2. The van der Waals surface area contributed by atoms with E-state index in [0.29, 0.717) is 11.4 Å². The Balaban J connectivity index is 2.13. The summed E-state index contributed by atoms with van der Waals surface area (Å²) in [4.78, 5) is 0. The highest BCUT2D eigenvalue weighted by Gasteiger charge is 2.30. The molecule has 1 aromatic rings. The van der Waals surface area contributed by atoms with Crippen molar-refractivity contribution in [1.82, 2.24) is 5.32 Å². The topological polar surface area (TPSA) is 52.5 Å². The number of halogens is 1. The van der Waals surface area contributed by atoms with Crippen molar-refractivity contribution < 1.29 is 10.2 Å². The molecule has 1 heterocycles. The van der Waals surface area contributed by atoms with E-state index in [1.165, 1.54) is 6.07 Å². The van der Waals surface area contributed by atoms with Crippen molar-refractivity contribution in [3.05, 3.63) is 28.8 Å². The second-order valence-corrected chi connectivity index (χ2v) is 4.86. The van der Waals surface area contributed by atoms with Gasteiger partial charge in [-0.25, -0.2) is 0 Å². The molecule has 0 aromatic heterocycles. The van der Waals surface area contributed by atoms with Crippen molar-refractivity contribution in [1.29, 1.82) is 0 Å². The minimum Gasteiger partial charge on any atom is -0.508 e. The van der Waals surface area contributed by atoms with Gasteiger partial charge in [0.15, 0.2) is 0 Å². The Morgan fingerprint density at radius 1 is 1.31 bits per heavy atom. The minimum atomic E-state index is -0.698. The molecule has 0 saturated carbocycles. The highest BCUT2D eigenvalue weighted by molar-refractivity contribution is 6.30. The van der Waals surface area contributed by atoms with Crippen molar-refractivity contribution in [2.24, 2.45) is 0 Å². The molecule has 88 valence electrons. The maximum absolute atomic E-state index is 10.3. The molecule has 0 aliphatic carbocycles. The summed E-state index contributed by atoms with van der Waals surface area (Å²) < 4.78 is 0. The monoisotopic (exact) mass is 241 g/mol. The quantitative estimate of drug-likeness (QED) is 0.739. The molecule has 2 rings (SSSR count). The Bertz CT molecular complexity index is 375. The second kappa shape index (κ2) is 4.62. The lowest BCUT2D eigenvalue weighted by atomic mass is 9.86. The van der Waals surface area contributed by atoms with E-state index in [1.807, 2.05) is 0 Å². The smallest absolute Gasteiger partial charge is 0.120 e. The predicted octanol–water partition coefficient (Wildman–Crippen LogP) is 1.70. The van der Waals surface area contributed by atoms with Crippen LogP contribution in [0.25, 0.3) is 0 Å². The molecule has 0 unspecified atom stereocenters. The van der Waals surface area contributed by atoms with Gasteiger partial charge < -0.3 is 15.5 Å². The van der Waals surface area contributed by atoms with E-state index in [0.717, 1.165) is 31.5 Å². The molecule has 1 aromatic carbocycles. The van der Waals surface area contributed by atoms with E-state index >= 15 is 0 Å². The van der Waals surface area contributed by atoms with Crippen LogP contribution in [0.5, 0.6) is 5.75 Å². The van der Waals surface area contributed by atoms with Gasteiger partial charge in [-0.05, 0) is 43.6 Å². The van der Waals surface area contributed by atoms with Crippen LogP contribution in [0.15, 0.2) is 18.2 Å². The highest BCUT2D eigenvalue weighted by Crippen LogP contribution is 2.29. The molecule has 0 amide bonds. The molecule has 1 saturated heterocycles. The Hall–Kier alpha value is -0.770. The molecule has 0 radical (unpaired) electrons. The van der Waals surface area contributed by atoms with Crippen LogP contribution in [0.2, 0.25) is 5.02 Å². The lowest BCUT2D eigenvalue weighted by Crippen LogP contribution is -2.43. The van der Waals surface area contributed by atoms with E-state index in [9.17, 15) is 10.2 Å². The SMILES string of the molecule is Oc1cc(Cl)ccc1CC1(O)CCNCC1. The number of aliphatic hydroxyl groups is 1. The van der Waals surface area contributed by atoms with Crippen molar-refractivity contribution in [3.8, 4) is 5.75 Å². The number of aromatic hydroxyl groups is 1. The number of phenols is 1. The van der Waals surface area contributed by atoms with Gasteiger partial charge in [0.05, 0.1) is 5.60 Å². The Morgan fingerprint density at radius 2 is 2.00 bits per heavy atom. The van der Waals surface area contributed by atoms with Crippen LogP contribution in [0.4, 0.5) is 0 Å². The molecular formula is C12H16ClNO2. The number of piperidine rings is 1. The Kier molecular flexibility index (Phi) is 3.38. The van der Waals surface area contributed by atoms with Crippen LogP contribution in [-0.2, 0) is 6.42 Å². The van der Waals surface area contributed by atoms with Gasteiger partial charge in [-0.2, -0.15) is 0 Å². The maximum Gasteiger partial charge on any atom is 0.120 e. The third kappa shape index (κ3) is 2.67. The largest absolute Gasteiger partial charge is 0.508 e. The van der Waals surface area contributed by atoms with Crippen molar-refractivity contribution in [3.63, 3.8) is 0 Å². The number of hydrogen-bond acceptors (Lipinski definition) is 3. The van der Waals surface area contributed by atoms with Crippen LogP contribution < -0.4 is 5.32 Å². The average Bonchev–Trinajstić information content (AvgIpc) is 2.23. The van der Waals surface area contributed by atoms with Gasteiger partial charge in [-0.3, -0.25) is 0 Å². The number of hydrogen-bond donors (Lipinski definition) is 3. The summed E-state index contributed by atoms with van der Waals surface area (Å²) in [5.41, 5.74) is 0.0603. The Labute approximate surface area is 100 Å². The van der Waals surface area contributed by atoms with E-state index in [2.05, 4.69) is 5.32 Å². The summed E-state index contributed by atoms with van der Waals surface area (Å²) in [5.74, 6) is 0.166. The average molecular weight is 242 g/mol. The summed E-state index contributed by atoms with van der Waals surface area (Å²) in [6.07, 6.45) is 1.92. The molecule has 16 heavy (non-hydrogen) atoms. The molecular weight excluding hydrogens is 226 g/mol. The summed E-state index contributed by atoms with van der Waals surface area (Å²) in [7, 11) is 0. The molecule has 0 spiro atoms. The fourth-order valence-corrected chi connectivity index (χ4v) is 2.28. The van der Waals surface area contributed by atoms with E-state index < -0.39 is 5.60 Å². The highest BCUT2D eigenvalue weighted by atomic mass is 35.5. The first-order chi connectivity index (χ1) is 7.59. The van der Waals surface area contributed by atoms with Crippen LogP contribution in [0.3, 0.4) is 0 Å². The number of phenolic OH excluding ortho intramolecular Hbond substituents is 1. The third-order valence-electron chi connectivity index (χ3n) is 3.10. The van der Waals surface area contributed by atoms with Crippen LogP contribution in [-0.4, -0.2) is 28.9 Å². The fraction of sp³-hybridized carbons (Fsp3) is 0.500. The number of benzene rings is 1. The van der Waals surface area contributed by atoms with Crippen molar-refractivity contribution in [2.75, 3.05) is 13.1 Å². The fourth-order valence-electron chi connectivity index (χ4n) is 2.11. The van der Waals surface area contributed by atoms with E-state index in [4.69, 9.17) is 11.6 Å². The first-order valence-corrected chi connectivity index (χ1v) is 5.87. The van der Waals surface area contributed by atoms with Gasteiger partial charge >= 0.3 is 0 Å². The molecule has 3 nitrogen and oxygen atoms in total. The molecule has 0 atom stereocenters. The van der Waals surface area contributed by atoms with Gasteiger partial charge in [0, 0.05) is 11.4 Å². The third-order valence-corrected chi connectivity index (χ3v) is 3.34. The predicted molar refractivity (Wildman–Crippen MR) is 63.9 cm³/mol. The molecule has 1 fully saturated rings. The summed E-state index contributed by atoms with van der Waals surface area (Å²) >= 11 is 5.76. The minimum absolute atomic E-state index is 0.166. The lowest BCUT2D eigenvalue weighted by Gasteiger charge is -2.32. The van der Waals surface area contributed by atoms with Crippen molar-refractivity contribution in [2.45, 2.75) is 24.9 Å². The van der Waals surface area contributed by atoms with Gasteiger partial charge in [-0.1, -0.05) is 17.7 Å². The van der Waals surface area contributed by atoms with Crippen LogP contribution in [0, 0.1) is 0 Å². The van der Waals surface area contributed by atoms with Gasteiger partial charge in [-0.15, -0.1) is 0 Å². The molecule has 4 heteroatoms. The Morgan fingerprint density at radius 3 is 2.62 bits per heavy atom. The van der Waals surface area contributed by atoms with Gasteiger partial charge in [0.25, 0.3) is 0 Å². The van der Waals surface area contributed by atoms with Gasteiger partial charge in [0.1, 0.15) is 5.75 Å². The summed E-state index contributed by atoms with van der Waals surface area (Å²) in [6, 6.07) is 5.03. The van der Waals surface area contributed by atoms with Crippen LogP contribution in [0.1, 0.15) is 18.4 Å². The normalized spacial score (nSPS) is 19.6. The molecule has 0 bridgehead atoms. The molecule has 3 N–H and O–H groups in total. The first-order valence-electron chi connectivity index (χ1n) is 5.50. The standard InChI is InChI=1S/C12H16ClNO2/c13-10-2-1-9(11(15)7-10)8-12(16)3-5-14-6-4-12/h1-2,7,14-16H,3-6,8H2. The molecule has 1 aliphatic rings. The summed E-state index contributed by atoms with van der Waals surface area (Å²) in [6.45, 7) is 1.65. The second-order valence-electron chi connectivity index (χ2n) is 4.42. The van der Waals surface area contributed by atoms with E-state index in [-0.39, 0.29) is 5.75 Å². The zero-order valence-electron chi connectivity index (χ0n) is 9.04. The van der Waals surface area contributed by atoms with E-state index in [1.54, 1.807) is 12.1 Å². The zero-order valence-corrected chi connectivity index (χ0v) is 9.80.